The summed E-state index contributed by atoms with van der Waals surface area (Å²) in [5.41, 5.74) is 5.66. The molecule has 0 aliphatic carbocycles. The van der Waals surface area contributed by atoms with Crippen molar-refractivity contribution >= 4 is 22.4 Å². The van der Waals surface area contributed by atoms with Crippen molar-refractivity contribution in [2.24, 2.45) is 5.73 Å². The van der Waals surface area contributed by atoms with E-state index in [4.69, 9.17) is 10.5 Å². The van der Waals surface area contributed by atoms with E-state index in [1.807, 2.05) is 0 Å². The third-order valence-electron chi connectivity index (χ3n) is 3.51. The second kappa shape index (κ2) is 7.46. The van der Waals surface area contributed by atoms with E-state index in [1.165, 1.54) is 4.31 Å². The molecule has 1 aromatic heterocycles. The van der Waals surface area contributed by atoms with Crippen molar-refractivity contribution < 1.29 is 17.5 Å². The van der Waals surface area contributed by atoms with Crippen molar-refractivity contribution in [1.82, 2.24) is 9.29 Å². The lowest BCUT2D eigenvalue weighted by Gasteiger charge is -2.37. The minimum atomic E-state index is -3.78. The lowest BCUT2D eigenvalue weighted by molar-refractivity contribution is 0.0401. The molecule has 0 radical (unpaired) electrons. The Labute approximate surface area is 129 Å². The monoisotopic (exact) mass is 339 g/mol. The summed E-state index contributed by atoms with van der Waals surface area (Å²) < 4.78 is 44.8. The highest BCUT2D eigenvalue weighted by molar-refractivity contribution is 7.89. The standard InChI is InChI=1S/C12H18FN3O3S.ClH/c1-19-11-2-3-16(10(5-11)6-14)20(17,18)12-4-9(13)7-15-8-12;/h4,7-8,10-11H,2-3,5-6,14H2,1H3;1H. The fraction of sp³-hybridized carbons (Fsp3) is 0.583. The van der Waals surface area contributed by atoms with Crippen molar-refractivity contribution in [1.29, 1.82) is 0 Å². The molecule has 2 atom stereocenters. The van der Waals surface area contributed by atoms with E-state index in [2.05, 4.69) is 4.98 Å². The summed E-state index contributed by atoms with van der Waals surface area (Å²) >= 11 is 0. The van der Waals surface area contributed by atoms with E-state index in [-0.39, 0.29) is 36.0 Å². The second-order valence-corrected chi connectivity index (χ2v) is 6.62. The van der Waals surface area contributed by atoms with Gasteiger partial charge in [0.1, 0.15) is 10.7 Å². The van der Waals surface area contributed by atoms with Gasteiger partial charge in [-0.1, -0.05) is 0 Å². The molecule has 0 saturated carbocycles. The molecule has 2 rings (SSSR count). The molecule has 6 nitrogen and oxygen atoms in total. The van der Waals surface area contributed by atoms with E-state index < -0.39 is 15.8 Å². The molecule has 2 heterocycles. The van der Waals surface area contributed by atoms with Crippen LogP contribution >= 0.6 is 12.4 Å². The topological polar surface area (TPSA) is 85.5 Å². The second-order valence-electron chi connectivity index (χ2n) is 4.73. The Hall–Kier alpha value is -0.800. The van der Waals surface area contributed by atoms with Crippen LogP contribution in [0.2, 0.25) is 0 Å². The van der Waals surface area contributed by atoms with Gasteiger partial charge < -0.3 is 10.5 Å². The predicted molar refractivity (Wildman–Crippen MR) is 78.2 cm³/mol. The molecule has 1 saturated heterocycles. The van der Waals surface area contributed by atoms with Crippen molar-refractivity contribution in [3.05, 3.63) is 24.3 Å². The highest BCUT2D eigenvalue weighted by Crippen LogP contribution is 2.26. The van der Waals surface area contributed by atoms with Gasteiger partial charge in [0.15, 0.2) is 0 Å². The van der Waals surface area contributed by atoms with Gasteiger partial charge in [-0.25, -0.2) is 12.8 Å². The minimum absolute atomic E-state index is 0. The lowest BCUT2D eigenvalue weighted by atomic mass is 10.0. The Bertz CT molecular complexity index is 573. The molecule has 0 amide bonds. The molecule has 9 heteroatoms. The van der Waals surface area contributed by atoms with Gasteiger partial charge in [0.25, 0.3) is 0 Å². The normalized spacial score (nSPS) is 23.6. The van der Waals surface area contributed by atoms with Gasteiger partial charge in [0, 0.05) is 32.4 Å². The largest absolute Gasteiger partial charge is 0.381 e. The third-order valence-corrected chi connectivity index (χ3v) is 5.42. The van der Waals surface area contributed by atoms with E-state index in [0.717, 1.165) is 18.5 Å². The van der Waals surface area contributed by atoms with Crippen LogP contribution in [-0.2, 0) is 14.8 Å². The minimum Gasteiger partial charge on any atom is -0.381 e. The van der Waals surface area contributed by atoms with E-state index in [1.54, 1.807) is 7.11 Å². The zero-order chi connectivity index (χ0) is 14.8. The number of methoxy groups -OCH3 is 1. The maximum Gasteiger partial charge on any atom is 0.245 e. The smallest absolute Gasteiger partial charge is 0.245 e. The van der Waals surface area contributed by atoms with Crippen molar-refractivity contribution in [2.75, 3.05) is 20.2 Å². The predicted octanol–water partition coefficient (Wildman–Crippen LogP) is 0.769. The maximum absolute atomic E-state index is 13.2. The molecule has 0 spiro atoms. The van der Waals surface area contributed by atoms with Gasteiger partial charge in [-0.2, -0.15) is 4.31 Å². The van der Waals surface area contributed by atoms with Crippen LogP contribution in [0.1, 0.15) is 12.8 Å². The van der Waals surface area contributed by atoms with Crippen LogP contribution in [0.15, 0.2) is 23.4 Å². The average molecular weight is 340 g/mol. The van der Waals surface area contributed by atoms with Gasteiger partial charge >= 0.3 is 0 Å². The summed E-state index contributed by atoms with van der Waals surface area (Å²) in [6.07, 6.45) is 3.25. The van der Waals surface area contributed by atoms with Crippen LogP contribution in [0.4, 0.5) is 4.39 Å². The molecule has 1 aliphatic rings. The third kappa shape index (κ3) is 3.89. The van der Waals surface area contributed by atoms with Crippen molar-refractivity contribution in [2.45, 2.75) is 29.9 Å². The first-order valence-electron chi connectivity index (χ1n) is 6.34. The molecule has 1 aromatic rings. The summed E-state index contributed by atoms with van der Waals surface area (Å²) in [4.78, 5) is 3.44. The molecule has 0 aromatic carbocycles. The van der Waals surface area contributed by atoms with Gasteiger partial charge in [0.2, 0.25) is 10.0 Å². The number of hydrogen-bond acceptors (Lipinski definition) is 5. The molecular formula is C12H19ClFN3O3S. The quantitative estimate of drug-likeness (QED) is 0.875. The molecule has 120 valence electrons. The van der Waals surface area contributed by atoms with Crippen molar-refractivity contribution in [3.63, 3.8) is 0 Å². The molecular weight excluding hydrogens is 321 g/mol. The summed E-state index contributed by atoms with van der Waals surface area (Å²) in [7, 11) is -2.19. The Morgan fingerprint density at radius 3 is 2.81 bits per heavy atom. The Balaban J connectivity index is 0.00000220. The first-order chi connectivity index (χ1) is 9.48. The molecule has 2 N–H and O–H groups in total. The number of pyridine rings is 1. The highest BCUT2D eigenvalue weighted by atomic mass is 35.5. The van der Waals surface area contributed by atoms with Crippen LogP contribution < -0.4 is 5.73 Å². The Kier molecular flexibility index (Phi) is 6.48. The molecule has 0 bridgehead atoms. The molecule has 21 heavy (non-hydrogen) atoms. The average Bonchev–Trinajstić information content (AvgIpc) is 2.46. The first-order valence-corrected chi connectivity index (χ1v) is 7.78. The van der Waals surface area contributed by atoms with Crippen molar-refractivity contribution in [3.8, 4) is 0 Å². The van der Waals surface area contributed by atoms with Crippen LogP contribution in [0, 0.1) is 5.82 Å². The fourth-order valence-electron chi connectivity index (χ4n) is 2.41. The van der Waals surface area contributed by atoms with E-state index in [0.29, 0.717) is 19.4 Å². The number of ether oxygens (including phenoxy) is 1. The van der Waals surface area contributed by atoms with Gasteiger partial charge in [-0.05, 0) is 18.9 Å². The van der Waals surface area contributed by atoms with Crippen LogP contribution in [0.5, 0.6) is 0 Å². The number of sulfonamides is 1. The number of nitrogens with zero attached hydrogens (tertiary/aromatic N) is 2. The number of nitrogens with two attached hydrogens (primary N) is 1. The zero-order valence-corrected chi connectivity index (χ0v) is 13.2. The first kappa shape index (κ1) is 18.2. The SMILES string of the molecule is COC1CCN(S(=O)(=O)c2cncc(F)c2)C(CN)C1.Cl. The summed E-state index contributed by atoms with van der Waals surface area (Å²) in [5, 5.41) is 0. The summed E-state index contributed by atoms with van der Waals surface area (Å²) in [6.45, 7) is 0.501. The number of aromatic nitrogens is 1. The molecule has 1 fully saturated rings. The van der Waals surface area contributed by atoms with Gasteiger partial charge in [-0.3, -0.25) is 4.98 Å². The highest BCUT2D eigenvalue weighted by Gasteiger charge is 2.36. The summed E-state index contributed by atoms with van der Waals surface area (Å²) in [5.74, 6) is -0.679. The van der Waals surface area contributed by atoms with Gasteiger partial charge in [0.05, 0.1) is 12.3 Å². The van der Waals surface area contributed by atoms with Crippen LogP contribution in [0.3, 0.4) is 0 Å². The number of piperidine rings is 1. The Morgan fingerprint density at radius 2 is 2.24 bits per heavy atom. The maximum atomic E-state index is 13.2. The number of hydrogen-bond donors (Lipinski definition) is 1. The fourth-order valence-corrected chi connectivity index (χ4v) is 4.04. The lowest BCUT2D eigenvalue weighted by Crippen LogP contribution is -2.51. The summed E-state index contributed by atoms with van der Waals surface area (Å²) in [6, 6.07) is 0.625. The van der Waals surface area contributed by atoms with Crippen LogP contribution in [0.25, 0.3) is 0 Å². The Morgan fingerprint density at radius 1 is 1.52 bits per heavy atom. The van der Waals surface area contributed by atoms with Crippen LogP contribution in [-0.4, -0.2) is 50.1 Å². The number of rotatable bonds is 4. The van der Waals surface area contributed by atoms with E-state index in [9.17, 15) is 12.8 Å². The number of halogens is 2. The van der Waals surface area contributed by atoms with Gasteiger partial charge in [-0.15, -0.1) is 12.4 Å². The zero-order valence-electron chi connectivity index (χ0n) is 11.6. The molecule has 1 aliphatic heterocycles. The molecule has 2 unspecified atom stereocenters. The van der Waals surface area contributed by atoms with E-state index >= 15 is 0 Å².